The molecule has 0 bridgehead atoms. The maximum Gasteiger partial charge on any atom is 0.277 e. The summed E-state index contributed by atoms with van der Waals surface area (Å²) >= 11 is 6.51. The molecule has 1 unspecified atom stereocenters. The van der Waals surface area contributed by atoms with Gasteiger partial charge in [0.15, 0.2) is 11.4 Å². The van der Waals surface area contributed by atoms with E-state index in [1.165, 1.54) is 12.1 Å². The van der Waals surface area contributed by atoms with Gasteiger partial charge in [0, 0.05) is 24.9 Å². The number of hydrogen-bond acceptors (Lipinski definition) is 4. The van der Waals surface area contributed by atoms with Crippen molar-refractivity contribution in [3.8, 4) is 5.75 Å². The molecule has 0 fully saturated rings. The number of aromatic nitrogens is 1. The average molecular weight is 540 g/mol. The van der Waals surface area contributed by atoms with Gasteiger partial charge in [-0.3, -0.25) is 19.3 Å². The number of benzene rings is 3. The summed E-state index contributed by atoms with van der Waals surface area (Å²) in [5.74, 6) is -0.815. The Bertz CT molecular complexity index is 1770. The van der Waals surface area contributed by atoms with Crippen LogP contribution < -0.4 is 15.2 Å². The van der Waals surface area contributed by atoms with Gasteiger partial charge in [0.05, 0.1) is 5.02 Å². The van der Waals surface area contributed by atoms with Crippen LogP contribution in [0.25, 0.3) is 6.08 Å². The van der Waals surface area contributed by atoms with Gasteiger partial charge < -0.3 is 9.64 Å². The number of amides is 1. The molecule has 0 saturated heterocycles. The lowest BCUT2D eigenvalue weighted by molar-refractivity contribution is 0.0712. The maximum absolute atomic E-state index is 14.6. The van der Waals surface area contributed by atoms with E-state index in [1.807, 2.05) is 48.5 Å². The molecule has 0 saturated carbocycles. The second kappa shape index (κ2) is 8.58. The van der Waals surface area contributed by atoms with Crippen LogP contribution in [0.4, 0.5) is 4.39 Å². The quantitative estimate of drug-likeness (QED) is 0.362. The highest BCUT2D eigenvalue weighted by molar-refractivity contribution is 6.32. The van der Waals surface area contributed by atoms with Crippen LogP contribution in [0, 0.1) is 5.82 Å². The largest absolute Gasteiger partial charge is 0.482 e. The zero-order chi connectivity index (χ0) is 26.9. The van der Waals surface area contributed by atoms with E-state index in [9.17, 15) is 14.0 Å². The fourth-order valence-electron chi connectivity index (χ4n) is 6.20. The van der Waals surface area contributed by atoms with Crippen molar-refractivity contribution in [1.82, 2.24) is 9.58 Å². The second-order valence-corrected chi connectivity index (χ2v) is 10.4. The number of hydrogen-bond donors (Lipinski definition) is 0. The van der Waals surface area contributed by atoms with E-state index in [4.69, 9.17) is 16.3 Å². The molecule has 7 rings (SSSR count). The maximum atomic E-state index is 14.6. The van der Waals surface area contributed by atoms with Gasteiger partial charge in [-0.1, -0.05) is 78.3 Å². The third-order valence-corrected chi connectivity index (χ3v) is 8.28. The van der Waals surface area contributed by atoms with E-state index >= 15 is 0 Å². The molecule has 1 atom stereocenters. The van der Waals surface area contributed by atoms with E-state index in [-0.39, 0.29) is 41.1 Å². The number of ether oxygens (including phenoxy) is 1. The number of carbonyl (C=O) groups is 1. The fourth-order valence-corrected chi connectivity index (χ4v) is 6.42. The SMILES string of the molecule is CN1CN(C23C(=Cc4c2ccc(F)c4Cl)Cc2ccccc23)n2ccc(=O)c(OCc3ccccc3)c2C1=O. The van der Waals surface area contributed by atoms with Gasteiger partial charge in [-0.2, -0.15) is 0 Å². The number of fused-ring (bicyclic) bond motifs is 6. The van der Waals surface area contributed by atoms with E-state index in [1.54, 1.807) is 28.9 Å². The van der Waals surface area contributed by atoms with Crippen LogP contribution in [0.15, 0.2) is 89.4 Å². The minimum Gasteiger partial charge on any atom is -0.482 e. The Morgan fingerprint density at radius 2 is 1.74 bits per heavy atom. The minimum absolute atomic E-state index is 0.00789. The van der Waals surface area contributed by atoms with Crippen molar-refractivity contribution in [3.05, 3.63) is 139 Å². The van der Waals surface area contributed by atoms with Crippen LogP contribution in [0.5, 0.6) is 5.75 Å². The summed E-state index contributed by atoms with van der Waals surface area (Å²) in [5.41, 5.74) is 4.42. The molecule has 1 amide bonds. The van der Waals surface area contributed by atoms with Crippen molar-refractivity contribution < 1.29 is 13.9 Å². The van der Waals surface area contributed by atoms with Gasteiger partial charge in [0.1, 0.15) is 24.6 Å². The van der Waals surface area contributed by atoms with Crippen LogP contribution in [0.2, 0.25) is 5.02 Å². The van der Waals surface area contributed by atoms with Gasteiger partial charge in [0.25, 0.3) is 5.91 Å². The fraction of sp³-hybridized carbons (Fsp3) is 0.161. The molecular formula is C31H23ClFN3O3. The topological polar surface area (TPSA) is 54.8 Å². The van der Waals surface area contributed by atoms with Crippen molar-refractivity contribution in [2.45, 2.75) is 18.6 Å². The average Bonchev–Trinajstić information content (AvgIpc) is 3.44. The van der Waals surface area contributed by atoms with Crippen molar-refractivity contribution in [2.75, 3.05) is 18.7 Å². The lowest BCUT2D eigenvalue weighted by atomic mass is 9.83. The van der Waals surface area contributed by atoms with Gasteiger partial charge in [0.2, 0.25) is 5.43 Å². The monoisotopic (exact) mass is 539 g/mol. The van der Waals surface area contributed by atoms with Crippen LogP contribution in [0.1, 0.15) is 38.3 Å². The summed E-state index contributed by atoms with van der Waals surface area (Å²) < 4.78 is 22.4. The molecule has 4 aromatic rings. The zero-order valence-electron chi connectivity index (χ0n) is 21.0. The van der Waals surface area contributed by atoms with Gasteiger partial charge in [-0.25, -0.2) is 4.39 Å². The summed E-state index contributed by atoms with van der Waals surface area (Å²) in [4.78, 5) is 28.3. The van der Waals surface area contributed by atoms with Crippen LogP contribution in [0.3, 0.4) is 0 Å². The normalized spacial score (nSPS) is 18.8. The van der Waals surface area contributed by atoms with Crippen molar-refractivity contribution in [2.24, 2.45) is 0 Å². The summed E-state index contributed by atoms with van der Waals surface area (Å²) in [5, 5.41) is 2.12. The molecule has 6 nitrogen and oxygen atoms in total. The number of carbonyl (C=O) groups excluding carboxylic acids is 1. The summed E-state index contributed by atoms with van der Waals surface area (Å²) in [6.45, 7) is 0.355. The number of nitrogens with zero attached hydrogens (tertiary/aromatic N) is 3. The molecule has 3 aliphatic rings. The first-order chi connectivity index (χ1) is 18.9. The van der Waals surface area contributed by atoms with Gasteiger partial charge >= 0.3 is 0 Å². The van der Waals surface area contributed by atoms with Crippen LogP contribution in [-0.2, 0) is 18.6 Å². The lowest BCUT2D eigenvalue weighted by Crippen LogP contribution is -2.61. The number of rotatable bonds is 4. The lowest BCUT2D eigenvalue weighted by Gasteiger charge is -2.49. The third-order valence-electron chi connectivity index (χ3n) is 7.90. The Balaban J connectivity index is 1.46. The Morgan fingerprint density at radius 1 is 0.974 bits per heavy atom. The second-order valence-electron chi connectivity index (χ2n) is 10.1. The summed E-state index contributed by atoms with van der Waals surface area (Å²) in [7, 11) is 1.70. The zero-order valence-corrected chi connectivity index (χ0v) is 21.8. The summed E-state index contributed by atoms with van der Waals surface area (Å²) in [6.07, 6.45) is 4.23. The smallest absolute Gasteiger partial charge is 0.277 e. The highest BCUT2D eigenvalue weighted by Gasteiger charge is 2.55. The van der Waals surface area contributed by atoms with E-state index in [0.29, 0.717) is 12.0 Å². The molecule has 0 N–H and O–H groups in total. The molecule has 39 heavy (non-hydrogen) atoms. The molecule has 1 aliphatic heterocycles. The van der Waals surface area contributed by atoms with E-state index < -0.39 is 11.4 Å². The standard InChI is InChI=1S/C31H23ClFN3O3/c1-34-18-36(35-14-13-26(37)29(28(35)30(34)38)39-17-19-7-3-2-4-8-19)31-21(15-20-9-5-6-10-23(20)31)16-22-24(31)11-12-25(33)27(22)32/h2-14,16H,15,17-18H2,1H3. The first-order valence-electron chi connectivity index (χ1n) is 12.6. The van der Waals surface area contributed by atoms with Crippen LogP contribution >= 0.6 is 11.6 Å². The van der Waals surface area contributed by atoms with E-state index in [2.05, 4.69) is 17.1 Å². The van der Waals surface area contributed by atoms with Gasteiger partial charge in [-0.15, -0.1) is 0 Å². The molecule has 0 spiro atoms. The summed E-state index contributed by atoms with van der Waals surface area (Å²) in [6, 6.07) is 22.2. The molecule has 1 aromatic heterocycles. The molecule has 2 aliphatic carbocycles. The highest BCUT2D eigenvalue weighted by Crippen LogP contribution is 2.56. The molecule has 2 heterocycles. The predicted octanol–water partition coefficient (Wildman–Crippen LogP) is 5.10. The third kappa shape index (κ3) is 3.26. The Hall–Kier alpha value is -4.36. The molecule has 194 valence electrons. The van der Waals surface area contributed by atoms with Crippen molar-refractivity contribution in [1.29, 1.82) is 0 Å². The Kier molecular flexibility index (Phi) is 5.22. The van der Waals surface area contributed by atoms with Crippen molar-refractivity contribution >= 4 is 23.6 Å². The predicted molar refractivity (Wildman–Crippen MR) is 147 cm³/mol. The van der Waals surface area contributed by atoms with E-state index in [0.717, 1.165) is 27.8 Å². The minimum atomic E-state index is -0.862. The molecule has 0 radical (unpaired) electrons. The molecule has 3 aromatic carbocycles. The number of pyridine rings is 1. The first-order valence-corrected chi connectivity index (χ1v) is 13.0. The Morgan fingerprint density at radius 3 is 2.56 bits per heavy atom. The number of halogens is 2. The Labute approximate surface area is 229 Å². The van der Waals surface area contributed by atoms with Gasteiger partial charge in [-0.05, 0) is 40.3 Å². The molecular weight excluding hydrogens is 517 g/mol. The highest BCUT2D eigenvalue weighted by atomic mass is 35.5. The van der Waals surface area contributed by atoms with Crippen molar-refractivity contribution in [3.63, 3.8) is 0 Å². The first kappa shape index (κ1) is 23.7. The van der Waals surface area contributed by atoms with Crippen LogP contribution in [-0.4, -0.2) is 29.2 Å². The molecule has 8 heteroatoms.